The Kier molecular flexibility index (Phi) is 6.74. The normalized spacial score (nSPS) is 23.3. The number of carbonyl (C=O) groups excluding carboxylic acids is 1. The molecule has 0 saturated carbocycles. The lowest BCUT2D eigenvalue weighted by atomic mass is 9.99. The van der Waals surface area contributed by atoms with Crippen LogP contribution in [0.2, 0.25) is 0 Å². The number of benzene rings is 1. The number of oxime groups is 1. The van der Waals surface area contributed by atoms with Crippen molar-refractivity contribution in [3.63, 3.8) is 0 Å². The highest BCUT2D eigenvalue weighted by Crippen LogP contribution is 2.45. The largest absolute Gasteiger partial charge is 0.461 e. The van der Waals surface area contributed by atoms with E-state index >= 15 is 0 Å². The van der Waals surface area contributed by atoms with E-state index in [-0.39, 0.29) is 51.5 Å². The van der Waals surface area contributed by atoms with Crippen LogP contribution in [0.1, 0.15) is 25.3 Å². The fourth-order valence-corrected chi connectivity index (χ4v) is 4.42. The third kappa shape index (κ3) is 4.77. The molecule has 196 valence electrons. The first-order valence-electron chi connectivity index (χ1n) is 10.9. The van der Waals surface area contributed by atoms with Gasteiger partial charge in [-0.15, -0.1) is 0 Å². The summed E-state index contributed by atoms with van der Waals surface area (Å²) < 4.78 is 56.5. The first-order chi connectivity index (χ1) is 17.0. The van der Waals surface area contributed by atoms with Gasteiger partial charge < -0.3 is 23.9 Å². The van der Waals surface area contributed by atoms with Gasteiger partial charge in [-0.3, -0.25) is 20.2 Å². The standard InChI is InChI=1S/C20H21F3N4O9/c1-2-33-18(28)16-12-9-34-19(35-10-15(12)36-24-16)3-5-25(6-4-19)17-13(26(29)30)7-11(20(21,22)23)8-14(17)27(31)32/h7-8,12,15H,2-6,9-10H2,1H3/t12-,15-/m1/s1. The van der Waals surface area contributed by atoms with Gasteiger partial charge in [-0.25, -0.2) is 4.79 Å². The number of nitro benzene ring substituents is 2. The molecule has 1 aromatic rings. The number of anilines is 1. The van der Waals surface area contributed by atoms with Gasteiger partial charge in [0, 0.05) is 38.1 Å². The van der Waals surface area contributed by atoms with Crippen molar-refractivity contribution in [1.29, 1.82) is 0 Å². The van der Waals surface area contributed by atoms with Crippen molar-refractivity contribution in [2.75, 3.05) is 37.8 Å². The monoisotopic (exact) mass is 518 g/mol. The molecular formula is C20H21F3N4O9. The zero-order valence-corrected chi connectivity index (χ0v) is 18.9. The van der Waals surface area contributed by atoms with Crippen molar-refractivity contribution in [2.24, 2.45) is 11.1 Å². The Morgan fingerprint density at radius 2 is 1.75 bits per heavy atom. The molecule has 1 aromatic carbocycles. The molecule has 2 atom stereocenters. The van der Waals surface area contributed by atoms with Crippen LogP contribution in [-0.4, -0.2) is 66.3 Å². The Balaban J connectivity index is 1.54. The summed E-state index contributed by atoms with van der Waals surface area (Å²) >= 11 is 0. The summed E-state index contributed by atoms with van der Waals surface area (Å²) in [4.78, 5) is 39.7. The van der Waals surface area contributed by atoms with Gasteiger partial charge in [0.05, 0.1) is 41.1 Å². The predicted octanol–water partition coefficient (Wildman–Crippen LogP) is 2.80. The zero-order chi connectivity index (χ0) is 26.3. The molecule has 0 N–H and O–H groups in total. The Bertz CT molecular complexity index is 1070. The van der Waals surface area contributed by atoms with Gasteiger partial charge in [0.1, 0.15) is 0 Å². The van der Waals surface area contributed by atoms with E-state index in [0.29, 0.717) is 12.1 Å². The van der Waals surface area contributed by atoms with Crippen molar-refractivity contribution < 1.29 is 46.9 Å². The molecule has 2 saturated heterocycles. The van der Waals surface area contributed by atoms with E-state index in [1.54, 1.807) is 6.92 Å². The maximum absolute atomic E-state index is 13.2. The van der Waals surface area contributed by atoms with Gasteiger partial charge in [-0.05, 0) is 6.92 Å². The molecule has 0 aliphatic carbocycles. The minimum Gasteiger partial charge on any atom is -0.461 e. The molecule has 0 amide bonds. The second kappa shape index (κ2) is 9.50. The molecule has 0 aromatic heterocycles. The number of piperidine rings is 1. The van der Waals surface area contributed by atoms with Crippen molar-refractivity contribution in [3.05, 3.63) is 37.9 Å². The molecule has 36 heavy (non-hydrogen) atoms. The summed E-state index contributed by atoms with van der Waals surface area (Å²) in [7, 11) is 0. The molecule has 3 heterocycles. The minimum atomic E-state index is -5.01. The zero-order valence-electron chi connectivity index (χ0n) is 18.9. The maximum atomic E-state index is 13.2. The van der Waals surface area contributed by atoms with Crippen LogP contribution in [0.25, 0.3) is 0 Å². The van der Waals surface area contributed by atoms with E-state index in [1.807, 2.05) is 0 Å². The Morgan fingerprint density at radius 3 is 2.28 bits per heavy atom. The molecule has 4 rings (SSSR count). The Labute approximate surface area is 201 Å². The lowest BCUT2D eigenvalue weighted by Crippen LogP contribution is -2.48. The first kappa shape index (κ1) is 25.6. The summed E-state index contributed by atoms with van der Waals surface area (Å²) in [6, 6.07) is 0.584. The van der Waals surface area contributed by atoms with Crippen LogP contribution in [0.3, 0.4) is 0 Å². The van der Waals surface area contributed by atoms with Gasteiger partial charge in [-0.2, -0.15) is 13.2 Å². The maximum Gasteiger partial charge on any atom is 0.416 e. The highest BCUT2D eigenvalue weighted by molar-refractivity contribution is 6.37. The Morgan fingerprint density at radius 1 is 1.17 bits per heavy atom. The number of fused-ring (bicyclic) bond motifs is 1. The molecule has 0 radical (unpaired) electrons. The van der Waals surface area contributed by atoms with Crippen molar-refractivity contribution in [2.45, 2.75) is 37.8 Å². The average molecular weight is 518 g/mol. The minimum absolute atomic E-state index is 0.00287. The average Bonchev–Trinajstić information content (AvgIpc) is 3.16. The number of hydrogen-bond donors (Lipinski definition) is 0. The van der Waals surface area contributed by atoms with E-state index in [0.717, 1.165) is 0 Å². The lowest BCUT2D eigenvalue weighted by Gasteiger charge is -2.41. The highest BCUT2D eigenvalue weighted by atomic mass is 19.4. The van der Waals surface area contributed by atoms with Crippen LogP contribution in [0.5, 0.6) is 0 Å². The number of esters is 1. The lowest BCUT2D eigenvalue weighted by molar-refractivity contribution is -0.393. The number of carbonyl (C=O) groups is 1. The molecule has 3 aliphatic rings. The van der Waals surface area contributed by atoms with Crippen LogP contribution in [-0.2, 0) is 30.0 Å². The van der Waals surface area contributed by atoms with Gasteiger partial charge >= 0.3 is 12.1 Å². The molecule has 0 unspecified atom stereocenters. The Hall–Kier alpha value is -3.53. The number of rotatable bonds is 5. The summed E-state index contributed by atoms with van der Waals surface area (Å²) in [6.45, 7) is 1.73. The number of hydrogen-bond acceptors (Lipinski definition) is 11. The van der Waals surface area contributed by atoms with Crippen LogP contribution in [0.4, 0.5) is 30.2 Å². The molecule has 1 spiro atoms. The summed E-state index contributed by atoms with van der Waals surface area (Å²) in [5, 5.41) is 26.9. The molecule has 13 nitrogen and oxygen atoms in total. The van der Waals surface area contributed by atoms with Crippen molar-refractivity contribution >= 4 is 28.7 Å². The second-order valence-corrected chi connectivity index (χ2v) is 8.34. The fourth-order valence-electron chi connectivity index (χ4n) is 4.42. The number of halogens is 3. The van der Waals surface area contributed by atoms with E-state index in [1.165, 1.54) is 4.90 Å². The quantitative estimate of drug-likeness (QED) is 0.323. The molecule has 3 aliphatic heterocycles. The third-order valence-corrected chi connectivity index (χ3v) is 6.24. The summed E-state index contributed by atoms with van der Waals surface area (Å²) in [5.41, 5.74) is -3.98. The molecule has 0 bridgehead atoms. The van der Waals surface area contributed by atoms with Gasteiger partial charge in [-0.1, -0.05) is 5.16 Å². The summed E-state index contributed by atoms with van der Waals surface area (Å²) in [5.74, 6) is -2.36. The first-order valence-corrected chi connectivity index (χ1v) is 10.9. The topological polar surface area (TPSA) is 156 Å². The molecule has 16 heteroatoms. The van der Waals surface area contributed by atoms with Crippen molar-refractivity contribution in [3.8, 4) is 0 Å². The smallest absolute Gasteiger partial charge is 0.416 e. The van der Waals surface area contributed by atoms with Gasteiger partial charge in [0.25, 0.3) is 11.4 Å². The summed E-state index contributed by atoms with van der Waals surface area (Å²) in [6.07, 6.45) is -5.42. The van der Waals surface area contributed by atoms with Gasteiger partial charge in [0.2, 0.25) is 0 Å². The van der Waals surface area contributed by atoms with Gasteiger partial charge in [0.15, 0.2) is 23.3 Å². The fraction of sp³-hybridized carbons (Fsp3) is 0.600. The van der Waals surface area contributed by atoms with Crippen LogP contribution >= 0.6 is 0 Å². The number of nitro groups is 2. The third-order valence-electron chi connectivity index (χ3n) is 6.24. The van der Waals surface area contributed by atoms with Crippen LogP contribution in [0.15, 0.2) is 17.3 Å². The number of nitrogens with zero attached hydrogens (tertiary/aromatic N) is 4. The predicted molar refractivity (Wildman–Crippen MR) is 113 cm³/mol. The van der Waals surface area contributed by atoms with E-state index in [4.69, 9.17) is 19.0 Å². The number of alkyl halides is 3. The second-order valence-electron chi connectivity index (χ2n) is 8.34. The highest BCUT2D eigenvalue weighted by Gasteiger charge is 2.48. The molecular weight excluding hydrogens is 497 g/mol. The van der Waals surface area contributed by atoms with Crippen molar-refractivity contribution in [1.82, 2.24) is 0 Å². The SMILES string of the molecule is CCOC(=O)C1=NO[C@@H]2COC3(CCN(c4c([N+](=O)[O-])cc(C(F)(F)F)cc4[N+](=O)[O-])CC3)OC[C@@H]12. The van der Waals surface area contributed by atoms with Crippen LogP contribution in [0, 0.1) is 26.1 Å². The van der Waals surface area contributed by atoms with Crippen LogP contribution < -0.4 is 4.90 Å². The van der Waals surface area contributed by atoms with E-state index in [9.17, 15) is 38.2 Å². The van der Waals surface area contributed by atoms with E-state index in [2.05, 4.69) is 5.16 Å². The number of ether oxygens (including phenoxy) is 3. The molecule has 2 fully saturated rings. The van der Waals surface area contributed by atoms with E-state index < -0.39 is 62.4 Å².